The number of esters is 1. The van der Waals surface area contributed by atoms with Gasteiger partial charge in [-0.05, 0) is 49.2 Å². The van der Waals surface area contributed by atoms with Gasteiger partial charge in [0.2, 0.25) is 0 Å². The van der Waals surface area contributed by atoms with Crippen LogP contribution in [0.15, 0.2) is 36.4 Å². The molecular weight excluding hydrogens is 402 g/mol. The Hall–Kier alpha value is -3.63. The number of anilines is 1. The first-order valence-corrected chi connectivity index (χ1v) is 9.07. The van der Waals surface area contributed by atoms with Crippen molar-refractivity contribution >= 4 is 23.6 Å². The number of imide groups is 1. The van der Waals surface area contributed by atoms with Crippen molar-refractivity contribution < 1.29 is 32.6 Å². The van der Waals surface area contributed by atoms with Gasteiger partial charge in [0.25, 0.3) is 11.8 Å². The summed E-state index contributed by atoms with van der Waals surface area (Å²) in [4.78, 5) is 37.8. The smallest absolute Gasteiger partial charge is 0.387 e. The first-order valence-electron chi connectivity index (χ1n) is 9.07. The van der Waals surface area contributed by atoms with Gasteiger partial charge in [-0.25, -0.2) is 4.79 Å². The highest BCUT2D eigenvalue weighted by Gasteiger charge is 2.18. The Morgan fingerprint density at radius 1 is 1.03 bits per heavy atom. The molecule has 0 radical (unpaired) electrons. The third-order valence-corrected chi connectivity index (χ3v) is 4.22. The molecule has 1 fully saturated rings. The van der Waals surface area contributed by atoms with Crippen LogP contribution < -0.4 is 15.0 Å². The normalized spacial score (nSPS) is 13.2. The van der Waals surface area contributed by atoms with Crippen LogP contribution in [0, 0.1) is 0 Å². The molecule has 1 aliphatic rings. The number of alkyl halides is 2. The minimum atomic E-state index is -2.98. The van der Waals surface area contributed by atoms with E-state index in [2.05, 4.69) is 14.9 Å². The molecule has 0 bridgehead atoms. The van der Waals surface area contributed by atoms with Crippen LogP contribution in [0.1, 0.15) is 33.7 Å². The molecule has 0 spiro atoms. The van der Waals surface area contributed by atoms with Crippen LogP contribution in [0.25, 0.3) is 0 Å². The molecule has 11 heteroatoms. The van der Waals surface area contributed by atoms with Crippen molar-refractivity contribution in [2.45, 2.75) is 19.5 Å². The highest BCUT2D eigenvalue weighted by molar-refractivity contribution is 6.05. The molecule has 0 aliphatic carbocycles. The Morgan fingerprint density at radius 2 is 1.73 bits per heavy atom. The van der Waals surface area contributed by atoms with Gasteiger partial charge in [0, 0.05) is 18.7 Å². The van der Waals surface area contributed by atoms with E-state index in [0.717, 1.165) is 38.1 Å². The van der Waals surface area contributed by atoms with Crippen molar-refractivity contribution in [3.8, 4) is 5.75 Å². The number of hydrogen-bond acceptors (Lipinski definition) is 8. The van der Waals surface area contributed by atoms with Gasteiger partial charge in [0.15, 0.2) is 18.1 Å². The average Bonchev–Trinajstić information content (AvgIpc) is 3.27. The molecule has 0 atom stereocenters. The number of hydrogen-bond donors (Lipinski definition) is 1. The van der Waals surface area contributed by atoms with Crippen LogP contribution in [0.2, 0.25) is 0 Å². The number of ether oxygens (including phenoxy) is 2. The van der Waals surface area contributed by atoms with Gasteiger partial charge >= 0.3 is 12.6 Å². The number of nitrogens with zero attached hydrogens (tertiary/aromatic N) is 3. The monoisotopic (exact) mass is 420 g/mol. The van der Waals surface area contributed by atoms with E-state index in [1.54, 1.807) is 6.07 Å². The second kappa shape index (κ2) is 9.72. The lowest BCUT2D eigenvalue weighted by atomic mass is 10.2. The van der Waals surface area contributed by atoms with Crippen LogP contribution in [0.3, 0.4) is 0 Å². The molecule has 1 aliphatic heterocycles. The summed E-state index contributed by atoms with van der Waals surface area (Å²) in [6.45, 7) is -1.92. The standard InChI is InChI=1S/C19H18F2N4O5/c20-19(21)30-13-5-3-12(4-6-13)17(27)22-16(26)11-29-18(28)14-7-8-15(24-23-14)25-9-1-2-10-25/h3-8,19H,1-2,9-11H2,(H,22,26,27). The number of benzene rings is 1. The molecule has 1 N–H and O–H groups in total. The first-order chi connectivity index (χ1) is 14.4. The maximum absolute atomic E-state index is 12.1. The topological polar surface area (TPSA) is 111 Å². The fraction of sp³-hybridized carbons (Fsp3) is 0.316. The third kappa shape index (κ3) is 5.69. The number of nitrogens with one attached hydrogen (secondary N) is 1. The van der Waals surface area contributed by atoms with Crippen molar-refractivity contribution in [3.05, 3.63) is 47.7 Å². The van der Waals surface area contributed by atoms with Crippen molar-refractivity contribution in [2.24, 2.45) is 0 Å². The van der Waals surface area contributed by atoms with E-state index in [4.69, 9.17) is 4.74 Å². The van der Waals surface area contributed by atoms with Gasteiger partial charge in [-0.3, -0.25) is 14.9 Å². The molecular formula is C19H18F2N4O5. The number of carbonyl (C=O) groups excluding carboxylic acids is 3. The second-order valence-corrected chi connectivity index (χ2v) is 6.33. The summed E-state index contributed by atoms with van der Waals surface area (Å²) in [6, 6.07) is 7.86. The summed E-state index contributed by atoms with van der Waals surface area (Å²) in [5.41, 5.74) is -0.0219. The maximum Gasteiger partial charge on any atom is 0.387 e. The van der Waals surface area contributed by atoms with Crippen LogP contribution in [-0.4, -0.2) is 54.3 Å². The predicted molar refractivity (Wildman–Crippen MR) is 99.3 cm³/mol. The largest absolute Gasteiger partial charge is 0.451 e. The SMILES string of the molecule is O=C(COC(=O)c1ccc(N2CCCC2)nn1)NC(=O)c1ccc(OC(F)F)cc1. The van der Waals surface area contributed by atoms with Gasteiger partial charge < -0.3 is 14.4 Å². The van der Waals surface area contributed by atoms with E-state index >= 15 is 0 Å². The maximum atomic E-state index is 12.1. The molecule has 158 valence electrons. The molecule has 1 aromatic heterocycles. The zero-order valence-electron chi connectivity index (χ0n) is 15.7. The number of carbonyl (C=O) groups is 3. The Labute approximate surface area is 170 Å². The fourth-order valence-corrected chi connectivity index (χ4v) is 2.78. The quantitative estimate of drug-likeness (QED) is 0.675. The molecule has 1 aromatic carbocycles. The average molecular weight is 420 g/mol. The highest BCUT2D eigenvalue weighted by Crippen LogP contribution is 2.17. The van der Waals surface area contributed by atoms with Crippen LogP contribution in [0.5, 0.6) is 5.75 Å². The second-order valence-electron chi connectivity index (χ2n) is 6.33. The molecule has 3 rings (SSSR count). The summed E-state index contributed by atoms with van der Waals surface area (Å²) in [5, 5.41) is 9.82. The van der Waals surface area contributed by atoms with Gasteiger partial charge in [-0.2, -0.15) is 8.78 Å². The number of rotatable bonds is 7. The zero-order chi connectivity index (χ0) is 21.5. The molecule has 0 unspecified atom stereocenters. The van der Waals surface area contributed by atoms with E-state index in [-0.39, 0.29) is 17.0 Å². The number of halogens is 2. The molecule has 2 heterocycles. The molecule has 1 saturated heterocycles. The van der Waals surface area contributed by atoms with E-state index in [9.17, 15) is 23.2 Å². The van der Waals surface area contributed by atoms with Crippen LogP contribution in [0.4, 0.5) is 14.6 Å². The predicted octanol–water partition coefficient (Wildman–Crippen LogP) is 1.79. The van der Waals surface area contributed by atoms with Gasteiger partial charge in [0.1, 0.15) is 5.75 Å². The summed E-state index contributed by atoms with van der Waals surface area (Å²) in [5.74, 6) is -1.96. The minimum absolute atomic E-state index is 0.0414. The lowest BCUT2D eigenvalue weighted by Crippen LogP contribution is -2.34. The number of amides is 2. The molecule has 30 heavy (non-hydrogen) atoms. The van der Waals surface area contributed by atoms with Crippen LogP contribution >= 0.6 is 0 Å². The minimum Gasteiger partial charge on any atom is -0.451 e. The lowest BCUT2D eigenvalue weighted by molar-refractivity contribution is -0.123. The van der Waals surface area contributed by atoms with Crippen LogP contribution in [-0.2, 0) is 9.53 Å². The van der Waals surface area contributed by atoms with Gasteiger partial charge in [0.05, 0.1) is 0 Å². The van der Waals surface area contributed by atoms with Gasteiger partial charge in [-0.15, -0.1) is 10.2 Å². The summed E-state index contributed by atoms with van der Waals surface area (Å²) >= 11 is 0. The molecule has 0 saturated carbocycles. The Bertz CT molecular complexity index is 900. The Morgan fingerprint density at radius 3 is 2.33 bits per heavy atom. The summed E-state index contributed by atoms with van der Waals surface area (Å²) < 4.78 is 33.2. The summed E-state index contributed by atoms with van der Waals surface area (Å²) in [7, 11) is 0. The Kier molecular flexibility index (Phi) is 6.83. The Balaban J connectivity index is 1.46. The van der Waals surface area contributed by atoms with E-state index in [1.807, 2.05) is 10.2 Å². The van der Waals surface area contributed by atoms with Crippen molar-refractivity contribution in [1.82, 2.24) is 15.5 Å². The number of aromatic nitrogens is 2. The van der Waals surface area contributed by atoms with E-state index < -0.39 is 31.0 Å². The summed E-state index contributed by atoms with van der Waals surface area (Å²) in [6.07, 6.45) is 2.15. The van der Waals surface area contributed by atoms with Crippen molar-refractivity contribution in [2.75, 3.05) is 24.6 Å². The zero-order valence-corrected chi connectivity index (χ0v) is 15.7. The third-order valence-electron chi connectivity index (χ3n) is 4.22. The highest BCUT2D eigenvalue weighted by atomic mass is 19.3. The molecule has 2 aromatic rings. The lowest BCUT2D eigenvalue weighted by Gasteiger charge is -2.15. The first kappa shape index (κ1) is 21.1. The molecule has 9 nitrogen and oxygen atoms in total. The van der Waals surface area contributed by atoms with Crippen molar-refractivity contribution in [1.29, 1.82) is 0 Å². The van der Waals surface area contributed by atoms with Gasteiger partial charge in [-0.1, -0.05) is 0 Å². The van der Waals surface area contributed by atoms with Crippen molar-refractivity contribution in [3.63, 3.8) is 0 Å². The van der Waals surface area contributed by atoms with E-state index in [0.29, 0.717) is 5.82 Å². The fourth-order valence-electron chi connectivity index (χ4n) is 2.78. The van der Waals surface area contributed by atoms with E-state index in [1.165, 1.54) is 18.2 Å². The molecule has 2 amide bonds.